The van der Waals surface area contributed by atoms with Gasteiger partial charge in [0.1, 0.15) is 11.3 Å². The number of halogens is 4. The minimum absolute atomic E-state index is 0.195. The zero-order chi connectivity index (χ0) is 17.4. The molecule has 3 nitrogen and oxygen atoms in total. The molecule has 0 fully saturated rings. The summed E-state index contributed by atoms with van der Waals surface area (Å²) in [6.07, 6.45) is 4.74. The van der Waals surface area contributed by atoms with E-state index in [1.807, 2.05) is 5.32 Å². The molecule has 0 saturated heterocycles. The molecule has 0 bridgehead atoms. The highest BCUT2D eigenvalue weighted by atomic mass is 19.2. The second-order valence-corrected chi connectivity index (χ2v) is 5.28. The number of carbonyl (C=O) groups excluding carboxylic acids is 1. The van der Waals surface area contributed by atoms with Crippen LogP contribution in [0.1, 0.15) is 36.0 Å². The molecule has 0 saturated carbocycles. The first-order chi connectivity index (χ1) is 11.0. The van der Waals surface area contributed by atoms with Crippen LogP contribution in [0, 0.1) is 23.3 Å². The van der Waals surface area contributed by atoms with E-state index in [9.17, 15) is 22.4 Å². The molecule has 23 heavy (non-hydrogen) atoms. The molecule has 1 aromatic rings. The van der Waals surface area contributed by atoms with Crippen LogP contribution in [-0.4, -0.2) is 34.4 Å². The quantitative estimate of drug-likeness (QED) is 0.315. The summed E-state index contributed by atoms with van der Waals surface area (Å²) in [4.78, 5) is 11.8. The van der Waals surface area contributed by atoms with Crippen molar-refractivity contribution in [2.24, 2.45) is 0 Å². The van der Waals surface area contributed by atoms with Gasteiger partial charge in [0.2, 0.25) is 0 Å². The van der Waals surface area contributed by atoms with Gasteiger partial charge in [0.25, 0.3) is 5.91 Å². The van der Waals surface area contributed by atoms with Crippen molar-refractivity contribution in [3.63, 3.8) is 0 Å². The second kappa shape index (κ2) is 9.47. The molecular weight excluding hydrogens is 310 g/mol. The maximum atomic E-state index is 13.8. The molecule has 0 aliphatic heterocycles. The van der Waals surface area contributed by atoms with Crippen molar-refractivity contribution in [2.75, 3.05) is 18.9 Å². The molecule has 0 unspecified atom stereocenters. The molecule has 126 valence electrons. The Hall–Kier alpha value is -1.66. The summed E-state index contributed by atoms with van der Waals surface area (Å²) in [6, 6.07) is 0. The van der Waals surface area contributed by atoms with E-state index in [2.05, 4.69) is 13.1 Å². The number of unbranched alkanes of at least 4 members (excludes halogenated alkanes) is 3. The Kier molecular flexibility index (Phi) is 7.98. The third-order valence-corrected chi connectivity index (χ3v) is 3.56. The third kappa shape index (κ3) is 4.91. The first kappa shape index (κ1) is 19.4. The Bertz CT molecular complexity index is 529. The van der Waals surface area contributed by atoms with Gasteiger partial charge in [0.15, 0.2) is 23.3 Å². The van der Waals surface area contributed by atoms with Crippen LogP contribution in [0.2, 0.25) is 6.32 Å². The molecule has 0 radical (unpaired) electrons. The molecule has 0 heterocycles. The first-order valence-electron chi connectivity index (χ1n) is 7.77. The Morgan fingerprint density at radius 3 is 2.09 bits per heavy atom. The van der Waals surface area contributed by atoms with Crippen LogP contribution in [0.25, 0.3) is 0 Å². The largest absolute Gasteiger partial charge is 0.383 e. The molecule has 9 heteroatoms. The average molecular weight is 330 g/mol. The Labute approximate surface area is 134 Å². The minimum Gasteiger partial charge on any atom is -0.383 e. The van der Waals surface area contributed by atoms with Gasteiger partial charge in [-0.05, 0) is 6.42 Å². The van der Waals surface area contributed by atoms with Gasteiger partial charge >= 0.3 is 0 Å². The molecular formula is C14H20B2F4N2O. The van der Waals surface area contributed by atoms with Crippen LogP contribution in [0.3, 0.4) is 0 Å². The van der Waals surface area contributed by atoms with Gasteiger partial charge in [-0.3, -0.25) is 4.79 Å². The first-order valence-corrected chi connectivity index (χ1v) is 7.77. The summed E-state index contributed by atoms with van der Waals surface area (Å²) in [5.74, 6) is -7.79. The van der Waals surface area contributed by atoms with E-state index >= 15 is 0 Å². The van der Waals surface area contributed by atoms with Crippen LogP contribution >= 0.6 is 0 Å². The van der Waals surface area contributed by atoms with Crippen molar-refractivity contribution >= 4 is 26.5 Å². The molecule has 0 aliphatic carbocycles. The minimum atomic E-state index is -1.70. The second-order valence-electron chi connectivity index (χ2n) is 5.28. The van der Waals surface area contributed by atoms with Gasteiger partial charge in [-0.1, -0.05) is 25.6 Å². The van der Waals surface area contributed by atoms with Gasteiger partial charge in [-0.15, -0.1) is 0 Å². The summed E-state index contributed by atoms with van der Waals surface area (Å²) in [7, 11) is 4.34. The lowest BCUT2D eigenvalue weighted by Crippen LogP contribution is -2.27. The molecule has 2 N–H and O–H groups in total. The number of hydrogen-bond acceptors (Lipinski definition) is 2. The fraction of sp³-hybridized carbons (Fsp3) is 0.500. The van der Waals surface area contributed by atoms with E-state index in [4.69, 9.17) is 0 Å². The summed E-state index contributed by atoms with van der Waals surface area (Å²) in [6.45, 7) is 0.195. The van der Waals surface area contributed by atoms with Crippen LogP contribution in [-0.2, 0) is 0 Å². The van der Waals surface area contributed by atoms with Crippen molar-refractivity contribution in [3.05, 3.63) is 28.8 Å². The molecule has 0 aromatic heterocycles. The van der Waals surface area contributed by atoms with Gasteiger partial charge in [0, 0.05) is 13.6 Å². The highest BCUT2D eigenvalue weighted by Gasteiger charge is 2.28. The van der Waals surface area contributed by atoms with Gasteiger partial charge in [0.05, 0.1) is 14.9 Å². The van der Waals surface area contributed by atoms with E-state index in [1.54, 1.807) is 0 Å². The van der Waals surface area contributed by atoms with Crippen molar-refractivity contribution in [1.82, 2.24) is 5.32 Å². The lowest BCUT2D eigenvalue weighted by Gasteiger charge is -2.11. The van der Waals surface area contributed by atoms with Crippen LogP contribution in [0.5, 0.6) is 0 Å². The molecule has 0 spiro atoms. The van der Waals surface area contributed by atoms with Crippen LogP contribution in [0.4, 0.5) is 23.2 Å². The zero-order valence-corrected chi connectivity index (χ0v) is 13.4. The van der Waals surface area contributed by atoms with E-state index in [0.717, 1.165) is 39.8 Å². The topological polar surface area (TPSA) is 41.1 Å². The molecule has 1 rings (SSSR count). The standard InChI is InChI=1S/C14H20B2F4N2O/c1-21-13-11(19)9(17)8(10(18)12(13)20)14(23)22-7-5-3-2-4-6-16-15/h16,21H,2-7,15H2,1H3,(H,22,23). The lowest BCUT2D eigenvalue weighted by molar-refractivity contribution is 0.0942. The third-order valence-electron chi connectivity index (χ3n) is 3.56. The predicted molar refractivity (Wildman–Crippen MR) is 87.1 cm³/mol. The maximum absolute atomic E-state index is 13.8. The van der Waals surface area contributed by atoms with Crippen molar-refractivity contribution < 1.29 is 22.4 Å². The summed E-state index contributed by atoms with van der Waals surface area (Å²) in [5.41, 5.74) is -2.17. The normalized spacial score (nSPS) is 10.5. The number of amides is 1. The van der Waals surface area contributed by atoms with Gasteiger partial charge in [-0.2, -0.15) is 0 Å². The Morgan fingerprint density at radius 1 is 1.00 bits per heavy atom. The molecule has 0 aliphatic rings. The number of anilines is 1. The number of hydrogen-bond donors (Lipinski definition) is 2. The van der Waals surface area contributed by atoms with Gasteiger partial charge < -0.3 is 10.6 Å². The van der Waals surface area contributed by atoms with Crippen LogP contribution < -0.4 is 10.6 Å². The van der Waals surface area contributed by atoms with Crippen LogP contribution in [0.15, 0.2) is 0 Å². The van der Waals surface area contributed by atoms with Gasteiger partial charge in [-0.25, -0.2) is 17.6 Å². The highest BCUT2D eigenvalue weighted by molar-refractivity contribution is 6.89. The molecule has 1 amide bonds. The summed E-state index contributed by atoms with van der Waals surface area (Å²) >= 11 is 0. The van der Waals surface area contributed by atoms with E-state index in [-0.39, 0.29) is 6.54 Å². The molecule has 1 aromatic carbocycles. The number of benzene rings is 1. The van der Waals surface area contributed by atoms with E-state index in [0.29, 0.717) is 6.42 Å². The SMILES string of the molecule is BBCCCCCCNC(=O)c1c(F)c(F)c(NC)c(F)c1F. The smallest absolute Gasteiger partial charge is 0.257 e. The van der Waals surface area contributed by atoms with E-state index in [1.165, 1.54) is 0 Å². The maximum Gasteiger partial charge on any atom is 0.257 e. The number of rotatable bonds is 9. The fourth-order valence-electron chi connectivity index (χ4n) is 2.25. The van der Waals surface area contributed by atoms with Crippen molar-refractivity contribution in [3.8, 4) is 0 Å². The Morgan fingerprint density at radius 2 is 1.57 bits per heavy atom. The highest BCUT2D eigenvalue weighted by Crippen LogP contribution is 2.27. The predicted octanol–water partition coefficient (Wildman–Crippen LogP) is 1.98. The fourth-order valence-corrected chi connectivity index (χ4v) is 2.25. The Balaban J connectivity index is 2.67. The van der Waals surface area contributed by atoms with E-state index < -0.39 is 40.4 Å². The van der Waals surface area contributed by atoms with Crippen molar-refractivity contribution in [2.45, 2.75) is 32.0 Å². The number of nitrogens with one attached hydrogen (secondary N) is 2. The monoisotopic (exact) mass is 330 g/mol. The number of carbonyl (C=O) groups is 1. The zero-order valence-electron chi connectivity index (χ0n) is 13.4. The lowest BCUT2D eigenvalue weighted by atomic mass is 9.53. The summed E-state index contributed by atoms with van der Waals surface area (Å²) < 4.78 is 54.7. The summed E-state index contributed by atoms with van der Waals surface area (Å²) in [5, 5.41) is 4.32. The average Bonchev–Trinajstić information content (AvgIpc) is 2.53. The molecule has 0 atom stereocenters. The van der Waals surface area contributed by atoms with Crippen molar-refractivity contribution in [1.29, 1.82) is 0 Å².